The number of aliphatic hydroxyl groups is 1. The van der Waals surface area contributed by atoms with E-state index in [0.717, 1.165) is 38.7 Å². The third-order valence-electron chi connectivity index (χ3n) is 5.39. The van der Waals surface area contributed by atoms with Gasteiger partial charge in [-0.3, -0.25) is 4.79 Å². The molecule has 0 aliphatic carbocycles. The highest BCUT2D eigenvalue weighted by Gasteiger charge is 2.02. The van der Waals surface area contributed by atoms with E-state index in [1.165, 1.54) is 77.0 Å². The van der Waals surface area contributed by atoms with Crippen molar-refractivity contribution in [1.82, 2.24) is 0 Å². The van der Waals surface area contributed by atoms with E-state index in [1.54, 1.807) is 0 Å². The second kappa shape index (κ2) is 23.7. The standard InChI is InChI=1S/C25H50O4/c1-3-4-5-6-7-11-14-17-20-25(27)29-23-22-28-21-18-15-12-9-8-10-13-16-19-24(2)26/h24,26H,3-23H2,1-2H3. The fourth-order valence-electron chi connectivity index (χ4n) is 3.50. The van der Waals surface area contributed by atoms with Crippen LogP contribution in [0, 0.1) is 0 Å². The number of hydrogen-bond acceptors (Lipinski definition) is 4. The van der Waals surface area contributed by atoms with Crippen LogP contribution in [0.15, 0.2) is 0 Å². The van der Waals surface area contributed by atoms with Gasteiger partial charge in [-0.05, 0) is 26.2 Å². The Morgan fingerprint density at radius 1 is 0.690 bits per heavy atom. The van der Waals surface area contributed by atoms with E-state index >= 15 is 0 Å². The molecule has 0 aromatic rings. The Labute approximate surface area is 181 Å². The first-order valence-corrected chi connectivity index (χ1v) is 12.6. The summed E-state index contributed by atoms with van der Waals surface area (Å²) < 4.78 is 10.8. The highest BCUT2D eigenvalue weighted by Crippen LogP contribution is 2.11. The van der Waals surface area contributed by atoms with Gasteiger partial charge in [0, 0.05) is 13.0 Å². The first-order chi connectivity index (χ1) is 14.2. The Morgan fingerprint density at radius 2 is 1.21 bits per heavy atom. The lowest BCUT2D eigenvalue weighted by Crippen LogP contribution is -2.10. The Kier molecular flexibility index (Phi) is 23.2. The summed E-state index contributed by atoms with van der Waals surface area (Å²) in [5, 5.41) is 9.20. The molecule has 29 heavy (non-hydrogen) atoms. The van der Waals surface area contributed by atoms with Crippen LogP contribution in [0.5, 0.6) is 0 Å². The smallest absolute Gasteiger partial charge is 0.305 e. The summed E-state index contributed by atoms with van der Waals surface area (Å²) in [6.07, 6.45) is 21.1. The van der Waals surface area contributed by atoms with Gasteiger partial charge in [-0.1, -0.05) is 96.8 Å². The van der Waals surface area contributed by atoms with Gasteiger partial charge < -0.3 is 14.6 Å². The predicted octanol–water partition coefficient (Wildman–Crippen LogP) is 6.97. The molecule has 4 heteroatoms. The zero-order valence-corrected chi connectivity index (χ0v) is 19.6. The lowest BCUT2D eigenvalue weighted by molar-refractivity contribution is -0.145. The second-order valence-corrected chi connectivity index (χ2v) is 8.52. The molecule has 0 saturated carbocycles. The van der Waals surface area contributed by atoms with Crippen molar-refractivity contribution in [3.05, 3.63) is 0 Å². The predicted molar refractivity (Wildman–Crippen MR) is 122 cm³/mol. The largest absolute Gasteiger partial charge is 0.463 e. The SMILES string of the molecule is CCCCCCCCCCC(=O)OCCOCCCCCCCCCCC(C)O. The van der Waals surface area contributed by atoms with E-state index in [9.17, 15) is 9.90 Å². The van der Waals surface area contributed by atoms with Gasteiger partial charge in [0.2, 0.25) is 0 Å². The van der Waals surface area contributed by atoms with Gasteiger partial charge in [-0.25, -0.2) is 0 Å². The Hall–Kier alpha value is -0.610. The number of carbonyl (C=O) groups is 1. The number of ether oxygens (including phenoxy) is 2. The van der Waals surface area contributed by atoms with Gasteiger partial charge in [-0.15, -0.1) is 0 Å². The van der Waals surface area contributed by atoms with Gasteiger partial charge >= 0.3 is 5.97 Å². The molecule has 0 aliphatic rings. The Bertz CT molecular complexity index is 331. The van der Waals surface area contributed by atoms with Crippen molar-refractivity contribution in [3.8, 4) is 0 Å². The normalized spacial score (nSPS) is 12.2. The summed E-state index contributed by atoms with van der Waals surface area (Å²) in [5.74, 6) is -0.0759. The summed E-state index contributed by atoms with van der Waals surface area (Å²) >= 11 is 0. The van der Waals surface area contributed by atoms with Crippen LogP contribution in [0.1, 0.15) is 129 Å². The molecule has 4 nitrogen and oxygen atoms in total. The topological polar surface area (TPSA) is 55.8 Å². The first kappa shape index (κ1) is 28.4. The number of esters is 1. The molecule has 0 radical (unpaired) electrons. The average Bonchev–Trinajstić information content (AvgIpc) is 2.70. The number of carbonyl (C=O) groups excluding carboxylic acids is 1. The molecule has 1 atom stereocenters. The van der Waals surface area contributed by atoms with E-state index in [0.29, 0.717) is 19.6 Å². The molecular formula is C25H50O4. The van der Waals surface area contributed by atoms with Crippen molar-refractivity contribution in [2.45, 2.75) is 136 Å². The zero-order valence-electron chi connectivity index (χ0n) is 19.6. The molecule has 0 amide bonds. The molecule has 0 saturated heterocycles. The van der Waals surface area contributed by atoms with Crippen molar-refractivity contribution in [3.63, 3.8) is 0 Å². The highest BCUT2D eigenvalue weighted by atomic mass is 16.6. The molecule has 0 aromatic carbocycles. The summed E-state index contributed by atoms with van der Waals surface area (Å²) in [6.45, 7) is 5.78. The van der Waals surface area contributed by atoms with Crippen LogP contribution in [-0.2, 0) is 14.3 Å². The van der Waals surface area contributed by atoms with E-state index < -0.39 is 0 Å². The fraction of sp³-hybridized carbons (Fsp3) is 0.960. The molecular weight excluding hydrogens is 364 g/mol. The van der Waals surface area contributed by atoms with Crippen LogP contribution in [0.2, 0.25) is 0 Å². The van der Waals surface area contributed by atoms with E-state index in [-0.39, 0.29) is 12.1 Å². The fourth-order valence-corrected chi connectivity index (χ4v) is 3.50. The molecule has 0 aliphatic heterocycles. The maximum Gasteiger partial charge on any atom is 0.305 e. The molecule has 0 spiro atoms. The quantitative estimate of drug-likeness (QED) is 0.145. The number of unbranched alkanes of at least 4 members (excludes halogenated alkanes) is 14. The summed E-state index contributed by atoms with van der Waals surface area (Å²) in [4.78, 5) is 11.7. The maximum atomic E-state index is 11.7. The molecule has 0 rings (SSSR count). The third-order valence-corrected chi connectivity index (χ3v) is 5.39. The van der Waals surface area contributed by atoms with Crippen molar-refractivity contribution in [1.29, 1.82) is 0 Å². The van der Waals surface area contributed by atoms with Gasteiger partial charge in [-0.2, -0.15) is 0 Å². The zero-order chi connectivity index (χ0) is 21.4. The Morgan fingerprint density at radius 3 is 1.79 bits per heavy atom. The van der Waals surface area contributed by atoms with E-state index in [1.807, 2.05) is 6.92 Å². The molecule has 1 N–H and O–H groups in total. The lowest BCUT2D eigenvalue weighted by atomic mass is 10.1. The van der Waals surface area contributed by atoms with Crippen LogP contribution in [0.3, 0.4) is 0 Å². The number of rotatable bonds is 23. The van der Waals surface area contributed by atoms with Crippen molar-refractivity contribution >= 4 is 5.97 Å². The minimum Gasteiger partial charge on any atom is -0.463 e. The van der Waals surface area contributed by atoms with Crippen molar-refractivity contribution in [2.75, 3.05) is 19.8 Å². The van der Waals surface area contributed by atoms with E-state index in [4.69, 9.17) is 9.47 Å². The molecule has 0 aromatic heterocycles. The third kappa shape index (κ3) is 25.4. The number of hydrogen-bond donors (Lipinski definition) is 1. The van der Waals surface area contributed by atoms with Gasteiger partial charge in [0.05, 0.1) is 12.7 Å². The average molecular weight is 415 g/mol. The van der Waals surface area contributed by atoms with Crippen LogP contribution in [-0.4, -0.2) is 37.0 Å². The van der Waals surface area contributed by atoms with Crippen LogP contribution >= 0.6 is 0 Å². The van der Waals surface area contributed by atoms with Crippen molar-refractivity contribution < 1.29 is 19.4 Å². The maximum absolute atomic E-state index is 11.7. The van der Waals surface area contributed by atoms with Gasteiger partial charge in [0.15, 0.2) is 0 Å². The first-order valence-electron chi connectivity index (χ1n) is 12.6. The number of aliphatic hydroxyl groups excluding tert-OH is 1. The van der Waals surface area contributed by atoms with Gasteiger partial charge in [0.1, 0.15) is 6.61 Å². The molecule has 1 unspecified atom stereocenters. The lowest BCUT2D eigenvalue weighted by Gasteiger charge is -2.07. The molecule has 0 fully saturated rings. The second-order valence-electron chi connectivity index (χ2n) is 8.52. The van der Waals surface area contributed by atoms with Crippen LogP contribution in [0.4, 0.5) is 0 Å². The monoisotopic (exact) mass is 414 g/mol. The minimum absolute atomic E-state index is 0.0759. The summed E-state index contributed by atoms with van der Waals surface area (Å²) in [6, 6.07) is 0. The molecule has 0 heterocycles. The van der Waals surface area contributed by atoms with Crippen molar-refractivity contribution in [2.24, 2.45) is 0 Å². The van der Waals surface area contributed by atoms with Crippen LogP contribution in [0.25, 0.3) is 0 Å². The molecule has 0 bridgehead atoms. The summed E-state index contributed by atoms with van der Waals surface area (Å²) in [5.41, 5.74) is 0. The highest BCUT2D eigenvalue weighted by molar-refractivity contribution is 5.69. The van der Waals surface area contributed by atoms with Gasteiger partial charge in [0.25, 0.3) is 0 Å². The van der Waals surface area contributed by atoms with E-state index in [2.05, 4.69) is 6.92 Å². The van der Waals surface area contributed by atoms with Crippen LogP contribution < -0.4 is 0 Å². The Balaban J connectivity index is 3.14. The molecule has 174 valence electrons. The minimum atomic E-state index is -0.145. The summed E-state index contributed by atoms with van der Waals surface area (Å²) in [7, 11) is 0.